The average molecular weight is 285 g/mol. The van der Waals surface area contributed by atoms with E-state index < -0.39 is 23.8 Å². The summed E-state index contributed by atoms with van der Waals surface area (Å²) in [5.74, 6) is 0. The molecule has 1 unspecified atom stereocenters. The molecule has 0 aliphatic rings. The van der Waals surface area contributed by atoms with Gasteiger partial charge in [0.15, 0.2) is 11.2 Å². The van der Waals surface area contributed by atoms with Crippen LogP contribution in [0.2, 0.25) is 0 Å². The predicted molar refractivity (Wildman–Crippen MR) is 74.6 cm³/mol. The van der Waals surface area contributed by atoms with Crippen LogP contribution in [-0.2, 0) is 20.6 Å². The van der Waals surface area contributed by atoms with Gasteiger partial charge in [-0.1, -0.05) is 0 Å². The lowest BCUT2D eigenvalue weighted by Gasteiger charge is -2.08. The fourth-order valence-electron chi connectivity index (χ4n) is 2.07. The van der Waals surface area contributed by atoms with Crippen LogP contribution in [0.3, 0.4) is 0 Å². The van der Waals surface area contributed by atoms with E-state index in [4.69, 9.17) is 4.11 Å². The largest absolute Gasteiger partial charge is 0.332 e. The fraction of sp³-hybridized carbons (Fsp3) is 0.615. The molecule has 0 bridgehead atoms. The molecule has 0 aliphatic heterocycles. The second kappa shape index (κ2) is 5.60. The second-order valence-corrected chi connectivity index (χ2v) is 4.67. The van der Waals surface area contributed by atoms with Crippen LogP contribution >= 0.6 is 0 Å². The monoisotopic (exact) mass is 285 g/mol. The maximum absolute atomic E-state index is 13.1. The summed E-state index contributed by atoms with van der Waals surface area (Å²) in [5, 5.41) is 0. The molecule has 0 aromatic carbocycles. The van der Waals surface area contributed by atoms with Crippen LogP contribution < -0.4 is 11.2 Å². The lowest BCUT2D eigenvalue weighted by molar-refractivity contribution is 0.328. The van der Waals surface area contributed by atoms with Crippen molar-refractivity contribution in [1.82, 2.24) is 18.7 Å². The highest BCUT2D eigenvalue weighted by Gasteiger charge is 2.14. The van der Waals surface area contributed by atoms with Crippen LogP contribution in [-0.4, -0.2) is 24.9 Å². The van der Waals surface area contributed by atoms with Crippen molar-refractivity contribution < 1.29 is 8.50 Å². The lowest BCUT2D eigenvalue weighted by Crippen LogP contribution is -2.39. The van der Waals surface area contributed by atoms with Crippen molar-refractivity contribution in [3.8, 4) is 0 Å². The van der Waals surface area contributed by atoms with Crippen molar-refractivity contribution in [1.29, 1.82) is 0 Å². The number of halogens is 1. The van der Waals surface area contributed by atoms with Gasteiger partial charge in [-0.05, 0) is 26.1 Å². The molecule has 6 nitrogen and oxygen atoms in total. The van der Waals surface area contributed by atoms with Gasteiger partial charge in [0.2, 0.25) is 0 Å². The number of alkyl halides is 1. The minimum absolute atomic E-state index is 0.0216. The Hall–Kier alpha value is -1.92. The van der Waals surface area contributed by atoms with Crippen molar-refractivity contribution in [2.75, 3.05) is 0 Å². The minimum Gasteiger partial charge on any atom is -0.328 e. The van der Waals surface area contributed by atoms with Crippen LogP contribution in [0.25, 0.3) is 11.2 Å². The molecule has 2 aromatic heterocycles. The van der Waals surface area contributed by atoms with Gasteiger partial charge in [0, 0.05) is 23.4 Å². The van der Waals surface area contributed by atoms with Crippen molar-refractivity contribution in [3.05, 3.63) is 27.1 Å². The molecule has 0 aliphatic carbocycles. The molecule has 0 saturated carbocycles. The molecular formula is C13H19FN4O2. The number of hydrogen-bond donors (Lipinski definition) is 0. The number of rotatable bonds is 5. The number of nitrogens with zero attached hydrogens (tertiary/aromatic N) is 4. The highest BCUT2D eigenvalue weighted by Crippen LogP contribution is 2.06. The molecule has 2 rings (SSSR count). The molecule has 7 heteroatoms. The number of imidazole rings is 1. The van der Waals surface area contributed by atoms with E-state index in [9.17, 15) is 14.0 Å². The highest BCUT2D eigenvalue weighted by molar-refractivity contribution is 5.69. The molecular weight excluding hydrogens is 263 g/mol. The van der Waals surface area contributed by atoms with Gasteiger partial charge in [-0.2, -0.15) is 0 Å². The van der Waals surface area contributed by atoms with E-state index in [1.807, 2.05) is 0 Å². The van der Waals surface area contributed by atoms with E-state index in [2.05, 4.69) is 4.98 Å². The van der Waals surface area contributed by atoms with Crippen LogP contribution in [0.5, 0.6) is 0 Å². The van der Waals surface area contributed by atoms with Gasteiger partial charge in [-0.15, -0.1) is 0 Å². The van der Waals surface area contributed by atoms with E-state index in [0.717, 1.165) is 11.5 Å². The molecule has 2 aromatic rings. The molecule has 20 heavy (non-hydrogen) atoms. The van der Waals surface area contributed by atoms with Gasteiger partial charge in [-0.3, -0.25) is 13.9 Å². The number of aromatic nitrogens is 4. The van der Waals surface area contributed by atoms with Crippen molar-refractivity contribution >= 4 is 11.2 Å². The molecule has 1 atom stereocenters. The van der Waals surface area contributed by atoms with Gasteiger partial charge >= 0.3 is 5.69 Å². The molecule has 0 radical (unpaired) electrons. The Balaban J connectivity index is 2.41. The van der Waals surface area contributed by atoms with Crippen molar-refractivity contribution in [2.24, 2.45) is 14.1 Å². The molecule has 0 saturated heterocycles. The quantitative estimate of drug-likeness (QED) is 0.822. The molecule has 0 N–H and O–H groups in total. The van der Waals surface area contributed by atoms with Crippen molar-refractivity contribution in [3.63, 3.8) is 0 Å². The van der Waals surface area contributed by atoms with E-state index in [-0.39, 0.29) is 36.9 Å². The summed E-state index contributed by atoms with van der Waals surface area (Å²) in [6.45, 7) is 1.12. The SMILES string of the molecule is [2H]c1nc2c(c(=O)n(CCCC([2H])([2H])C(C)F)c(=O)n2C)n1C. The zero-order valence-corrected chi connectivity index (χ0v) is 11.7. The Labute approximate surface area is 119 Å². The Kier molecular flexibility index (Phi) is 3.03. The smallest absolute Gasteiger partial charge is 0.328 e. The third-order valence-corrected chi connectivity index (χ3v) is 3.12. The van der Waals surface area contributed by atoms with Gasteiger partial charge in [-0.25, -0.2) is 14.2 Å². The summed E-state index contributed by atoms with van der Waals surface area (Å²) in [6, 6.07) is 0. The molecule has 0 fully saturated rings. The zero-order valence-electron chi connectivity index (χ0n) is 14.7. The zero-order chi connectivity index (χ0) is 17.5. The summed E-state index contributed by atoms with van der Waals surface area (Å²) in [7, 11) is 2.97. The van der Waals surface area contributed by atoms with Gasteiger partial charge in [0.25, 0.3) is 5.56 Å². The Morgan fingerprint density at radius 1 is 1.45 bits per heavy atom. The van der Waals surface area contributed by atoms with E-state index >= 15 is 0 Å². The first-order valence-corrected chi connectivity index (χ1v) is 6.35. The normalized spacial score (nSPS) is 15.9. The summed E-state index contributed by atoms with van der Waals surface area (Å²) < 4.78 is 39.3. The summed E-state index contributed by atoms with van der Waals surface area (Å²) in [5.41, 5.74) is -0.893. The van der Waals surface area contributed by atoms with E-state index in [0.29, 0.717) is 0 Å². The van der Waals surface area contributed by atoms with Crippen LogP contribution in [0.1, 0.15) is 30.3 Å². The highest BCUT2D eigenvalue weighted by atomic mass is 19.1. The molecule has 2 heterocycles. The number of fused-ring (bicyclic) bond motifs is 1. The Bertz CT molecular complexity index is 853. The van der Waals surface area contributed by atoms with Crippen molar-refractivity contribution in [2.45, 2.75) is 38.9 Å². The van der Waals surface area contributed by atoms with Crippen LogP contribution in [0.4, 0.5) is 4.39 Å². The van der Waals surface area contributed by atoms with E-state index in [1.54, 1.807) is 0 Å². The minimum atomic E-state index is -2.00. The standard InChI is InChI=1S/C13H19FN4O2/c1-9(14)6-4-5-7-18-12(19)10-11(15-8-16(10)2)17(3)13(18)20/h8-9H,4-7H2,1-3H3/i6D2,8D. The molecule has 110 valence electrons. The Morgan fingerprint density at radius 3 is 2.80 bits per heavy atom. The van der Waals surface area contributed by atoms with Gasteiger partial charge < -0.3 is 4.57 Å². The summed E-state index contributed by atoms with van der Waals surface area (Å²) >= 11 is 0. The molecule has 0 amide bonds. The average Bonchev–Trinajstić information content (AvgIpc) is 2.76. The fourth-order valence-corrected chi connectivity index (χ4v) is 2.07. The van der Waals surface area contributed by atoms with E-state index in [1.165, 1.54) is 23.2 Å². The first-order chi connectivity index (χ1) is 10.6. The first-order valence-electron chi connectivity index (χ1n) is 7.85. The maximum Gasteiger partial charge on any atom is 0.332 e. The number of hydrogen-bond acceptors (Lipinski definition) is 3. The lowest BCUT2D eigenvalue weighted by atomic mass is 10.2. The van der Waals surface area contributed by atoms with Crippen LogP contribution in [0.15, 0.2) is 15.9 Å². The topological polar surface area (TPSA) is 61.8 Å². The summed E-state index contributed by atoms with van der Waals surface area (Å²) in [6.07, 6.45) is -3.72. The third kappa shape index (κ3) is 2.52. The van der Waals surface area contributed by atoms with Crippen LogP contribution in [0, 0.1) is 0 Å². The van der Waals surface area contributed by atoms with Gasteiger partial charge in [0.05, 0.1) is 12.5 Å². The predicted octanol–water partition coefficient (Wildman–Crippen LogP) is 0.962. The first kappa shape index (κ1) is 10.8. The summed E-state index contributed by atoms with van der Waals surface area (Å²) in [4.78, 5) is 28.6. The molecule has 0 spiro atoms. The number of aryl methyl sites for hydroxylation is 2. The Morgan fingerprint density at radius 2 is 2.15 bits per heavy atom. The third-order valence-electron chi connectivity index (χ3n) is 3.12. The van der Waals surface area contributed by atoms with Gasteiger partial charge in [0.1, 0.15) is 1.37 Å². The second-order valence-electron chi connectivity index (χ2n) is 4.67. The maximum atomic E-state index is 13.1.